The summed E-state index contributed by atoms with van der Waals surface area (Å²) in [5.41, 5.74) is 9.87. The van der Waals surface area contributed by atoms with E-state index in [0.29, 0.717) is 18.8 Å². The van der Waals surface area contributed by atoms with Crippen molar-refractivity contribution in [3.63, 3.8) is 0 Å². The molecule has 2 aliphatic rings. The smallest absolute Gasteiger partial charge is 0.324 e. The molecule has 0 atom stereocenters. The normalized spacial score (nSPS) is 17.4. The molecule has 2 saturated heterocycles. The maximum Gasteiger partial charge on any atom is 0.324 e. The Bertz CT molecular complexity index is 908. The van der Waals surface area contributed by atoms with Gasteiger partial charge in [-0.3, -0.25) is 9.69 Å². The summed E-state index contributed by atoms with van der Waals surface area (Å²) >= 11 is 1.69. The number of aryl methyl sites for hydroxylation is 1. The highest BCUT2D eigenvalue weighted by Crippen LogP contribution is 2.41. The molecule has 7 heteroatoms. The van der Waals surface area contributed by atoms with Crippen LogP contribution in [0.15, 0.2) is 29.6 Å². The minimum Gasteiger partial charge on any atom is -0.397 e. The van der Waals surface area contributed by atoms with E-state index in [-0.39, 0.29) is 17.4 Å². The monoisotopic (exact) mass is 384 g/mol. The molecule has 2 fully saturated rings. The van der Waals surface area contributed by atoms with Crippen LogP contribution < -0.4 is 10.6 Å². The second-order valence-corrected chi connectivity index (χ2v) is 8.70. The van der Waals surface area contributed by atoms with E-state index in [0.717, 1.165) is 24.3 Å². The van der Waals surface area contributed by atoms with Crippen LogP contribution >= 0.6 is 11.3 Å². The number of urea groups is 1. The van der Waals surface area contributed by atoms with Crippen LogP contribution in [0.1, 0.15) is 12.5 Å². The van der Waals surface area contributed by atoms with Crippen LogP contribution in [0.25, 0.3) is 10.4 Å². The Morgan fingerprint density at radius 3 is 2.41 bits per heavy atom. The summed E-state index contributed by atoms with van der Waals surface area (Å²) in [7, 11) is 1.77. The first-order chi connectivity index (χ1) is 12.8. The molecule has 3 heterocycles. The fraction of sp³-hybridized carbons (Fsp3) is 0.400. The molecule has 6 nitrogen and oxygen atoms in total. The van der Waals surface area contributed by atoms with E-state index in [1.165, 1.54) is 10.4 Å². The Morgan fingerprint density at radius 2 is 1.81 bits per heavy atom. The van der Waals surface area contributed by atoms with Gasteiger partial charge in [-0.1, -0.05) is 6.07 Å². The minimum absolute atomic E-state index is 0.0475. The molecule has 2 aromatic rings. The van der Waals surface area contributed by atoms with Crippen molar-refractivity contribution in [1.82, 2.24) is 9.80 Å². The zero-order valence-corrected chi connectivity index (χ0v) is 16.7. The summed E-state index contributed by atoms with van der Waals surface area (Å²) in [6.07, 6.45) is 0. The molecule has 2 N–H and O–H groups in total. The number of thiophene rings is 1. The van der Waals surface area contributed by atoms with Crippen molar-refractivity contribution in [2.24, 2.45) is 5.41 Å². The number of nitrogen functional groups attached to an aromatic ring is 1. The third-order valence-electron chi connectivity index (χ3n) is 5.62. The minimum atomic E-state index is -0.0475. The lowest BCUT2D eigenvalue weighted by Crippen LogP contribution is -2.74. The summed E-state index contributed by atoms with van der Waals surface area (Å²) in [5, 5.41) is 2.07. The van der Waals surface area contributed by atoms with E-state index in [9.17, 15) is 9.59 Å². The molecular weight excluding hydrogens is 360 g/mol. The van der Waals surface area contributed by atoms with Gasteiger partial charge in [-0.2, -0.15) is 0 Å². The van der Waals surface area contributed by atoms with Crippen molar-refractivity contribution < 1.29 is 9.59 Å². The van der Waals surface area contributed by atoms with Crippen LogP contribution in [0.5, 0.6) is 0 Å². The van der Waals surface area contributed by atoms with Crippen LogP contribution in [-0.4, -0.2) is 55.0 Å². The highest BCUT2D eigenvalue weighted by Gasteiger charge is 2.54. The van der Waals surface area contributed by atoms with E-state index in [1.807, 2.05) is 28.0 Å². The Kier molecular flexibility index (Phi) is 4.14. The Labute approximate surface area is 163 Å². The van der Waals surface area contributed by atoms with Gasteiger partial charge in [0.25, 0.3) is 0 Å². The first kappa shape index (κ1) is 17.9. The number of carbonyl (C=O) groups is 2. The predicted molar refractivity (Wildman–Crippen MR) is 109 cm³/mol. The van der Waals surface area contributed by atoms with Gasteiger partial charge in [0.15, 0.2) is 0 Å². The van der Waals surface area contributed by atoms with Crippen LogP contribution in [0.3, 0.4) is 0 Å². The molecule has 0 aliphatic carbocycles. The fourth-order valence-corrected chi connectivity index (χ4v) is 4.97. The van der Waals surface area contributed by atoms with E-state index >= 15 is 0 Å². The molecule has 1 aromatic carbocycles. The fourth-order valence-electron chi connectivity index (χ4n) is 4.04. The van der Waals surface area contributed by atoms with Crippen molar-refractivity contribution >= 4 is 34.6 Å². The van der Waals surface area contributed by atoms with Crippen LogP contribution in [0, 0.1) is 12.3 Å². The maximum absolute atomic E-state index is 12.9. The molecule has 27 heavy (non-hydrogen) atoms. The van der Waals surface area contributed by atoms with Gasteiger partial charge in [0.1, 0.15) is 0 Å². The maximum atomic E-state index is 12.9. The number of anilines is 2. The van der Waals surface area contributed by atoms with E-state index in [1.54, 1.807) is 30.2 Å². The average molecular weight is 385 g/mol. The zero-order valence-electron chi connectivity index (χ0n) is 15.9. The van der Waals surface area contributed by atoms with E-state index < -0.39 is 0 Å². The topological polar surface area (TPSA) is 69.9 Å². The largest absolute Gasteiger partial charge is 0.397 e. The number of hydrogen-bond acceptors (Lipinski definition) is 4. The standard InChI is InChI=1S/C20H24N4O2S/c1-13-6-7-27-18(13)15-4-5-16(21)17(8-15)22(3)19(26)24-11-20(12-24)9-23(10-20)14(2)25/h4-8H,9-12,21H2,1-3H3. The third kappa shape index (κ3) is 2.96. The van der Waals surface area contributed by atoms with Crippen molar-refractivity contribution in [1.29, 1.82) is 0 Å². The molecule has 0 bridgehead atoms. The SMILES string of the molecule is CC(=O)N1CC2(C1)CN(C(=O)N(C)c1cc(-c3sccc3C)ccc1N)C2. The third-order valence-corrected chi connectivity index (χ3v) is 6.69. The highest BCUT2D eigenvalue weighted by atomic mass is 32.1. The number of likely N-dealkylation sites (tertiary alicyclic amines) is 2. The van der Waals surface area contributed by atoms with Gasteiger partial charge in [0.05, 0.1) is 11.4 Å². The van der Waals surface area contributed by atoms with Gasteiger partial charge in [-0.05, 0) is 41.6 Å². The second-order valence-electron chi connectivity index (χ2n) is 7.78. The number of rotatable bonds is 2. The number of nitrogens with zero attached hydrogens (tertiary/aromatic N) is 3. The number of nitrogens with two attached hydrogens (primary N) is 1. The molecule has 0 unspecified atom stereocenters. The van der Waals surface area contributed by atoms with Crippen LogP contribution in [-0.2, 0) is 4.79 Å². The number of benzene rings is 1. The van der Waals surface area contributed by atoms with Gasteiger partial charge in [-0.15, -0.1) is 11.3 Å². The van der Waals surface area contributed by atoms with Gasteiger partial charge in [-0.25, -0.2) is 4.79 Å². The van der Waals surface area contributed by atoms with Gasteiger partial charge < -0.3 is 15.5 Å². The number of carbonyl (C=O) groups excluding carboxylic acids is 2. The lowest BCUT2D eigenvalue weighted by atomic mass is 9.73. The summed E-state index contributed by atoms with van der Waals surface area (Å²) < 4.78 is 0. The predicted octanol–water partition coefficient (Wildman–Crippen LogP) is 3.03. The number of hydrogen-bond donors (Lipinski definition) is 1. The Balaban J connectivity index is 1.47. The lowest BCUT2D eigenvalue weighted by Gasteiger charge is -2.60. The van der Waals surface area contributed by atoms with Crippen LogP contribution in [0.4, 0.5) is 16.2 Å². The van der Waals surface area contributed by atoms with Crippen molar-refractivity contribution in [2.45, 2.75) is 13.8 Å². The van der Waals surface area contributed by atoms with Crippen LogP contribution in [0.2, 0.25) is 0 Å². The van der Waals surface area contributed by atoms with Crippen molar-refractivity contribution in [3.8, 4) is 10.4 Å². The first-order valence-corrected chi connectivity index (χ1v) is 9.90. The molecule has 3 amide bonds. The molecule has 142 valence electrons. The van der Waals surface area contributed by atoms with Crippen molar-refractivity contribution in [2.75, 3.05) is 43.9 Å². The summed E-state index contributed by atoms with van der Waals surface area (Å²) in [5.74, 6) is 0.107. The number of amides is 3. The molecular formula is C20H24N4O2S. The van der Waals surface area contributed by atoms with Crippen molar-refractivity contribution in [3.05, 3.63) is 35.2 Å². The molecule has 1 spiro atoms. The quantitative estimate of drug-likeness (QED) is 0.809. The molecule has 4 rings (SSSR count). The summed E-state index contributed by atoms with van der Waals surface area (Å²) in [6, 6.07) is 7.89. The molecule has 2 aliphatic heterocycles. The lowest BCUT2D eigenvalue weighted by molar-refractivity contribution is -0.151. The molecule has 1 aromatic heterocycles. The molecule has 0 radical (unpaired) electrons. The Morgan fingerprint density at radius 1 is 1.15 bits per heavy atom. The Hall–Kier alpha value is -2.54. The van der Waals surface area contributed by atoms with Gasteiger partial charge in [0.2, 0.25) is 5.91 Å². The summed E-state index contributed by atoms with van der Waals surface area (Å²) in [4.78, 5) is 30.8. The zero-order chi connectivity index (χ0) is 19.3. The molecule has 0 saturated carbocycles. The van der Waals surface area contributed by atoms with E-state index in [2.05, 4.69) is 18.4 Å². The summed E-state index contributed by atoms with van der Waals surface area (Å²) in [6.45, 7) is 6.58. The average Bonchev–Trinajstić information content (AvgIpc) is 2.97. The second kappa shape index (κ2) is 6.27. The van der Waals surface area contributed by atoms with E-state index in [4.69, 9.17) is 5.73 Å². The first-order valence-electron chi connectivity index (χ1n) is 9.02. The van der Waals surface area contributed by atoms with Gasteiger partial charge >= 0.3 is 6.03 Å². The highest BCUT2D eigenvalue weighted by molar-refractivity contribution is 7.13. The van der Waals surface area contributed by atoms with Gasteiger partial charge in [0, 0.05) is 50.4 Å².